The summed E-state index contributed by atoms with van der Waals surface area (Å²) in [4.78, 5) is 11.7. The molecule has 0 heterocycles. The Morgan fingerprint density at radius 2 is 1.93 bits per heavy atom. The molecule has 4 heteroatoms. The summed E-state index contributed by atoms with van der Waals surface area (Å²) in [6.07, 6.45) is -0.239. The molecule has 86 valence electrons. The Balaban J connectivity index is 3.15. The second-order valence-corrected chi connectivity index (χ2v) is 3.77. The summed E-state index contributed by atoms with van der Waals surface area (Å²) in [5.41, 5.74) is 0. The number of carbonyl (C=O) groups is 1. The predicted molar refractivity (Wildman–Crippen MR) is 55.0 cm³/mol. The Hall–Kier alpha value is -1.03. The van der Waals surface area contributed by atoms with Crippen molar-refractivity contribution in [3.63, 3.8) is 0 Å². The van der Waals surface area contributed by atoms with Gasteiger partial charge in [-0.05, 0) is 6.42 Å². The molecule has 0 aromatic heterocycles. The highest BCUT2D eigenvalue weighted by molar-refractivity contribution is 5.98. The van der Waals surface area contributed by atoms with E-state index in [-0.39, 0.29) is 23.4 Å². The molecule has 0 bridgehead atoms. The Bertz CT molecular complexity index is 282. The van der Waals surface area contributed by atoms with E-state index >= 15 is 0 Å². The molecule has 0 aromatic rings. The Morgan fingerprint density at radius 3 is 2.33 bits per heavy atom. The SMILES string of the molecule is CCC1C(C)C(OC)=C(OC)C(=O)C1O. The minimum atomic E-state index is -0.973. The van der Waals surface area contributed by atoms with Gasteiger partial charge in [0.05, 0.1) is 14.2 Å². The highest BCUT2D eigenvalue weighted by Gasteiger charge is 2.41. The number of aliphatic hydroxyl groups is 1. The van der Waals surface area contributed by atoms with Gasteiger partial charge in [-0.1, -0.05) is 13.8 Å². The maximum atomic E-state index is 11.7. The van der Waals surface area contributed by atoms with E-state index in [0.717, 1.165) is 6.42 Å². The first-order valence-corrected chi connectivity index (χ1v) is 5.12. The molecule has 0 aliphatic heterocycles. The fourth-order valence-corrected chi connectivity index (χ4v) is 2.18. The summed E-state index contributed by atoms with van der Waals surface area (Å²) >= 11 is 0. The van der Waals surface area contributed by atoms with Gasteiger partial charge in [0.25, 0.3) is 0 Å². The number of methoxy groups -OCH3 is 2. The number of ether oxygens (including phenoxy) is 2. The second-order valence-electron chi connectivity index (χ2n) is 3.77. The largest absolute Gasteiger partial charge is 0.497 e. The topological polar surface area (TPSA) is 55.8 Å². The summed E-state index contributed by atoms with van der Waals surface area (Å²) in [6, 6.07) is 0. The van der Waals surface area contributed by atoms with Crippen molar-refractivity contribution in [1.82, 2.24) is 0 Å². The van der Waals surface area contributed by atoms with Crippen LogP contribution in [0.4, 0.5) is 0 Å². The van der Waals surface area contributed by atoms with Crippen LogP contribution in [0.5, 0.6) is 0 Å². The van der Waals surface area contributed by atoms with Crippen molar-refractivity contribution >= 4 is 5.78 Å². The van der Waals surface area contributed by atoms with Crippen molar-refractivity contribution < 1.29 is 19.4 Å². The molecule has 0 fully saturated rings. The van der Waals surface area contributed by atoms with E-state index in [1.54, 1.807) is 0 Å². The lowest BCUT2D eigenvalue weighted by Gasteiger charge is -2.33. The van der Waals surface area contributed by atoms with Crippen LogP contribution in [0.2, 0.25) is 0 Å². The van der Waals surface area contributed by atoms with Gasteiger partial charge in [0.1, 0.15) is 11.9 Å². The van der Waals surface area contributed by atoms with Crippen LogP contribution < -0.4 is 0 Å². The molecule has 1 aliphatic carbocycles. The van der Waals surface area contributed by atoms with Crippen molar-refractivity contribution in [1.29, 1.82) is 0 Å². The molecule has 3 unspecified atom stereocenters. The van der Waals surface area contributed by atoms with Gasteiger partial charge in [0, 0.05) is 11.8 Å². The third-order valence-electron chi connectivity index (χ3n) is 3.07. The zero-order chi connectivity index (χ0) is 11.6. The highest BCUT2D eigenvalue weighted by Crippen LogP contribution is 2.35. The highest BCUT2D eigenvalue weighted by atomic mass is 16.5. The molecule has 0 radical (unpaired) electrons. The van der Waals surface area contributed by atoms with Crippen LogP contribution in [0, 0.1) is 11.8 Å². The standard InChI is InChI=1S/C11H18O4/c1-5-7-6(2)10(14-3)11(15-4)9(13)8(7)12/h6-8,12H,5H2,1-4H3. The van der Waals surface area contributed by atoms with Crippen molar-refractivity contribution in [2.24, 2.45) is 11.8 Å². The Kier molecular flexibility index (Phi) is 3.74. The number of aliphatic hydroxyl groups excluding tert-OH is 1. The fourth-order valence-electron chi connectivity index (χ4n) is 2.18. The fraction of sp³-hybridized carbons (Fsp3) is 0.727. The van der Waals surface area contributed by atoms with Crippen LogP contribution in [-0.2, 0) is 14.3 Å². The Morgan fingerprint density at radius 1 is 1.33 bits per heavy atom. The first kappa shape index (κ1) is 12.0. The van der Waals surface area contributed by atoms with Crippen LogP contribution in [0.1, 0.15) is 20.3 Å². The minimum Gasteiger partial charge on any atom is -0.497 e. The van der Waals surface area contributed by atoms with E-state index in [0.29, 0.717) is 5.76 Å². The van der Waals surface area contributed by atoms with Crippen molar-refractivity contribution in [2.75, 3.05) is 14.2 Å². The average molecular weight is 214 g/mol. The van der Waals surface area contributed by atoms with Crippen LogP contribution in [0.25, 0.3) is 0 Å². The van der Waals surface area contributed by atoms with Gasteiger partial charge in [-0.25, -0.2) is 0 Å². The third kappa shape index (κ3) is 1.86. The van der Waals surface area contributed by atoms with Gasteiger partial charge in [-0.3, -0.25) is 4.79 Å². The number of allylic oxidation sites excluding steroid dienone is 1. The molecule has 1 rings (SSSR count). The summed E-state index contributed by atoms with van der Waals surface area (Å²) in [5.74, 6) is 0.232. The smallest absolute Gasteiger partial charge is 0.229 e. The first-order chi connectivity index (χ1) is 7.08. The number of ketones is 1. The van der Waals surface area contributed by atoms with Crippen LogP contribution in [0.3, 0.4) is 0 Å². The lowest BCUT2D eigenvalue weighted by atomic mass is 9.78. The van der Waals surface area contributed by atoms with E-state index in [4.69, 9.17) is 9.47 Å². The monoisotopic (exact) mass is 214 g/mol. The van der Waals surface area contributed by atoms with Gasteiger partial charge >= 0.3 is 0 Å². The summed E-state index contributed by atoms with van der Waals surface area (Å²) < 4.78 is 10.2. The lowest BCUT2D eigenvalue weighted by molar-refractivity contribution is -0.133. The van der Waals surface area contributed by atoms with Crippen molar-refractivity contribution in [3.8, 4) is 0 Å². The average Bonchev–Trinajstić information content (AvgIpc) is 2.23. The molecule has 0 spiro atoms. The number of carbonyl (C=O) groups excluding carboxylic acids is 1. The number of rotatable bonds is 3. The molecule has 15 heavy (non-hydrogen) atoms. The molecule has 1 N–H and O–H groups in total. The van der Waals surface area contributed by atoms with E-state index in [1.165, 1.54) is 14.2 Å². The molecule has 0 amide bonds. The lowest BCUT2D eigenvalue weighted by Crippen LogP contribution is -2.41. The molecule has 1 aliphatic rings. The number of hydrogen-bond acceptors (Lipinski definition) is 4. The molecule has 4 nitrogen and oxygen atoms in total. The predicted octanol–water partition coefficient (Wildman–Crippen LogP) is 1.10. The van der Waals surface area contributed by atoms with Gasteiger partial charge in [-0.2, -0.15) is 0 Å². The Labute approximate surface area is 89.9 Å². The van der Waals surface area contributed by atoms with Gasteiger partial charge in [0.2, 0.25) is 11.5 Å². The van der Waals surface area contributed by atoms with Crippen LogP contribution in [-0.4, -0.2) is 31.2 Å². The molecule has 0 aromatic carbocycles. The maximum Gasteiger partial charge on any atom is 0.229 e. The maximum absolute atomic E-state index is 11.7. The third-order valence-corrected chi connectivity index (χ3v) is 3.07. The normalized spacial score (nSPS) is 31.8. The zero-order valence-corrected chi connectivity index (χ0v) is 9.61. The van der Waals surface area contributed by atoms with Gasteiger partial charge < -0.3 is 14.6 Å². The minimum absolute atomic E-state index is 0.00245. The van der Waals surface area contributed by atoms with Crippen LogP contribution in [0.15, 0.2) is 11.5 Å². The molecular weight excluding hydrogens is 196 g/mol. The quantitative estimate of drug-likeness (QED) is 0.764. The molecular formula is C11H18O4. The van der Waals surface area contributed by atoms with Crippen molar-refractivity contribution in [2.45, 2.75) is 26.4 Å². The zero-order valence-electron chi connectivity index (χ0n) is 9.61. The van der Waals surface area contributed by atoms with E-state index in [1.807, 2.05) is 13.8 Å². The second kappa shape index (κ2) is 4.66. The summed E-state index contributed by atoms with van der Waals surface area (Å²) in [5, 5.41) is 9.80. The van der Waals surface area contributed by atoms with E-state index < -0.39 is 6.10 Å². The molecule has 3 atom stereocenters. The van der Waals surface area contributed by atoms with Gasteiger partial charge in [-0.15, -0.1) is 0 Å². The van der Waals surface area contributed by atoms with Gasteiger partial charge in [0.15, 0.2) is 0 Å². The number of Topliss-reactive ketones (excluding diaryl/α,β-unsaturated/α-hetero) is 1. The van der Waals surface area contributed by atoms with Crippen molar-refractivity contribution in [3.05, 3.63) is 11.5 Å². The summed E-state index contributed by atoms with van der Waals surface area (Å²) in [6.45, 7) is 3.88. The van der Waals surface area contributed by atoms with E-state index in [2.05, 4.69) is 0 Å². The molecule has 0 saturated carbocycles. The molecule has 0 saturated heterocycles. The number of hydrogen-bond donors (Lipinski definition) is 1. The van der Waals surface area contributed by atoms with E-state index in [9.17, 15) is 9.90 Å². The first-order valence-electron chi connectivity index (χ1n) is 5.12. The summed E-state index contributed by atoms with van der Waals surface area (Å²) in [7, 11) is 2.93. The van der Waals surface area contributed by atoms with Crippen LogP contribution >= 0.6 is 0 Å².